The highest BCUT2D eigenvalue weighted by Gasteiger charge is 2.19. The summed E-state index contributed by atoms with van der Waals surface area (Å²) in [5, 5.41) is 19.1. The number of hydrogen-bond acceptors (Lipinski definition) is 6. The molecule has 0 fully saturated rings. The van der Waals surface area contributed by atoms with Crippen molar-refractivity contribution in [3.63, 3.8) is 0 Å². The van der Waals surface area contributed by atoms with Gasteiger partial charge in [-0.25, -0.2) is 14.1 Å². The van der Waals surface area contributed by atoms with Gasteiger partial charge < -0.3 is 4.57 Å². The van der Waals surface area contributed by atoms with Crippen LogP contribution in [-0.4, -0.2) is 39.7 Å². The molecule has 5 rings (SSSR count). The first-order valence-electron chi connectivity index (χ1n) is 8.22. The summed E-state index contributed by atoms with van der Waals surface area (Å²) in [6.45, 7) is 0.185. The number of aryl methyl sites for hydroxylation is 1. The standard InChI is InChI=1S/C16H12ClFN8OS/c1-25-13-7(3-21-26(16(13)27)6-11-8(17)4-19-24-11)14-15(25)22-12(28-14)2-10-9(18)5-20-23-10/h3-5H,2,6H2,1H3,(H,19,24)(H,20,23). The van der Waals surface area contributed by atoms with E-state index in [4.69, 9.17) is 11.6 Å². The second kappa shape index (κ2) is 6.24. The van der Waals surface area contributed by atoms with Crippen LogP contribution in [0, 0.1) is 5.82 Å². The maximum Gasteiger partial charge on any atom is 0.291 e. The van der Waals surface area contributed by atoms with E-state index >= 15 is 0 Å². The minimum absolute atomic E-state index is 0.185. The molecule has 28 heavy (non-hydrogen) atoms. The van der Waals surface area contributed by atoms with Crippen molar-refractivity contribution in [1.29, 1.82) is 0 Å². The van der Waals surface area contributed by atoms with Crippen molar-refractivity contribution in [2.24, 2.45) is 7.05 Å². The number of H-pyrrole nitrogens is 2. The molecule has 0 saturated carbocycles. The predicted octanol–water partition coefficient (Wildman–Crippen LogP) is 2.22. The lowest BCUT2D eigenvalue weighted by Crippen LogP contribution is -2.24. The zero-order chi connectivity index (χ0) is 19.4. The Labute approximate surface area is 164 Å². The first-order chi connectivity index (χ1) is 13.5. The first-order valence-corrected chi connectivity index (χ1v) is 9.41. The van der Waals surface area contributed by atoms with Crippen LogP contribution in [0.3, 0.4) is 0 Å². The lowest BCUT2D eigenvalue weighted by atomic mass is 10.3. The van der Waals surface area contributed by atoms with Gasteiger partial charge in [0.25, 0.3) is 5.56 Å². The summed E-state index contributed by atoms with van der Waals surface area (Å²) in [4.78, 5) is 17.5. The molecule has 0 spiro atoms. The van der Waals surface area contributed by atoms with Gasteiger partial charge in [0.2, 0.25) is 0 Å². The van der Waals surface area contributed by atoms with Crippen LogP contribution in [-0.2, 0) is 20.0 Å². The summed E-state index contributed by atoms with van der Waals surface area (Å²) in [5.41, 5.74) is 1.88. The van der Waals surface area contributed by atoms with Crippen LogP contribution in [0.2, 0.25) is 5.02 Å². The molecule has 5 aromatic heterocycles. The second-order valence-corrected chi connectivity index (χ2v) is 7.75. The Bertz CT molecular complexity index is 1390. The van der Waals surface area contributed by atoms with E-state index in [2.05, 4.69) is 30.5 Å². The van der Waals surface area contributed by atoms with E-state index < -0.39 is 5.82 Å². The van der Waals surface area contributed by atoms with Gasteiger partial charge in [0, 0.05) is 18.9 Å². The van der Waals surface area contributed by atoms with E-state index in [0.29, 0.717) is 39.4 Å². The molecule has 0 aliphatic carbocycles. The molecule has 12 heteroatoms. The number of nitrogens with zero attached hydrogens (tertiary/aromatic N) is 6. The molecule has 0 aromatic carbocycles. The smallest absolute Gasteiger partial charge is 0.291 e. The Balaban J connectivity index is 1.60. The molecule has 0 amide bonds. The fourth-order valence-electron chi connectivity index (χ4n) is 3.15. The van der Waals surface area contributed by atoms with Crippen molar-refractivity contribution < 1.29 is 4.39 Å². The quantitative estimate of drug-likeness (QED) is 0.465. The maximum absolute atomic E-state index is 13.6. The van der Waals surface area contributed by atoms with Crippen LogP contribution in [0.4, 0.5) is 4.39 Å². The van der Waals surface area contributed by atoms with Crippen molar-refractivity contribution in [3.05, 3.63) is 56.2 Å². The number of halogens is 2. The second-order valence-electron chi connectivity index (χ2n) is 6.26. The highest BCUT2D eigenvalue weighted by Crippen LogP contribution is 2.31. The molecule has 5 aromatic rings. The number of fused-ring (bicyclic) bond motifs is 3. The van der Waals surface area contributed by atoms with E-state index in [9.17, 15) is 9.18 Å². The van der Waals surface area contributed by atoms with Gasteiger partial charge in [0.15, 0.2) is 11.5 Å². The minimum Gasteiger partial charge on any atom is -0.323 e. The third-order valence-electron chi connectivity index (χ3n) is 4.54. The van der Waals surface area contributed by atoms with Gasteiger partial charge in [0.1, 0.15) is 10.5 Å². The van der Waals surface area contributed by atoms with Crippen LogP contribution in [0.25, 0.3) is 21.3 Å². The van der Waals surface area contributed by atoms with Crippen molar-refractivity contribution in [3.8, 4) is 0 Å². The molecule has 0 aliphatic rings. The molecule has 0 atom stereocenters. The van der Waals surface area contributed by atoms with E-state index in [0.717, 1.165) is 15.9 Å². The molecule has 142 valence electrons. The van der Waals surface area contributed by atoms with Gasteiger partial charge >= 0.3 is 0 Å². The fraction of sp³-hybridized carbons (Fsp3) is 0.188. The normalized spacial score (nSPS) is 11.8. The maximum atomic E-state index is 13.6. The molecular formula is C16H12ClFN8OS. The number of rotatable bonds is 4. The largest absolute Gasteiger partial charge is 0.323 e. The summed E-state index contributed by atoms with van der Waals surface area (Å²) in [6, 6.07) is 0. The van der Waals surface area contributed by atoms with Crippen molar-refractivity contribution in [2.75, 3.05) is 0 Å². The summed E-state index contributed by atoms with van der Waals surface area (Å²) in [7, 11) is 1.78. The highest BCUT2D eigenvalue weighted by molar-refractivity contribution is 7.19. The number of aromatic amines is 2. The molecule has 0 unspecified atom stereocenters. The van der Waals surface area contributed by atoms with E-state index in [-0.39, 0.29) is 12.1 Å². The van der Waals surface area contributed by atoms with Crippen LogP contribution in [0.1, 0.15) is 16.4 Å². The molecule has 9 nitrogen and oxygen atoms in total. The number of thiazole rings is 1. The van der Waals surface area contributed by atoms with E-state index in [1.54, 1.807) is 17.8 Å². The van der Waals surface area contributed by atoms with Crippen molar-refractivity contribution in [2.45, 2.75) is 13.0 Å². The topological polar surface area (TPSA) is 110 Å². The van der Waals surface area contributed by atoms with Crippen LogP contribution < -0.4 is 5.56 Å². The Morgan fingerprint density at radius 1 is 1.21 bits per heavy atom. The Hall–Kier alpha value is -3.05. The number of nitrogens with one attached hydrogen (secondary N) is 2. The molecule has 0 aliphatic heterocycles. The summed E-state index contributed by atoms with van der Waals surface area (Å²) >= 11 is 7.45. The fourth-order valence-corrected chi connectivity index (χ4v) is 4.42. The minimum atomic E-state index is -0.397. The van der Waals surface area contributed by atoms with E-state index in [1.807, 2.05) is 0 Å². The number of aromatic nitrogens is 8. The molecule has 5 heterocycles. The average Bonchev–Trinajstić information content (AvgIpc) is 3.41. The molecule has 0 saturated heterocycles. The van der Waals surface area contributed by atoms with E-state index in [1.165, 1.54) is 22.2 Å². The van der Waals surface area contributed by atoms with Crippen molar-refractivity contribution >= 4 is 44.2 Å². The van der Waals surface area contributed by atoms with Gasteiger partial charge in [0.05, 0.1) is 46.2 Å². The molecule has 2 N–H and O–H groups in total. The Kier molecular flexibility index (Phi) is 3.81. The van der Waals surface area contributed by atoms with Gasteiger partial charge in [-0.15, -0.1) is 11.3 Å². The zero-order valence-electron chi connectivity index (χ0n) is 14.4. The Morgan fingerprint density at radius 3 is 2.71 bits per heavy atom. The van der Waals surface area contributed by atoms with Crippen LogP contribution >= 0.6 is 22.9 Å². The molecule has 0 radical (unpaired) electrons. The van der Waals surface area contributed by atoms with Gasteiger partial charge in [-0.2, -0.15) is 15.3 Å². The molecule has 0 bridgehead atoms. The SMILES string of the molecule is Cn1c2nc(Cc3[nH]ncc3F)sc2c2cnn(Cc3[nH]ncc3Cl)c(=O)c21. The summed E-state index contributed by atoms with van der Waals surface area (Å²) in [6.07, 6.45) is 4.56. The Morgan fingerprint density at radius 2 is 2.00 bits per heavy atom. The van der Waals surface area contributed by atoms with Gasteiger partial charge in [-0.3, -0.25) is 15.0 Å². The molecular weight excluding hydrogens is 407 g/mol. The average molecular weight is 419 g/mol. The number of hydrogen-bond donors (Lipinski definition) is 2. The van der Waals surface area contributed by atoms with Gasteiger partial charge in [-0.05, 0) is 0 Å². The third kappa shape index (κ3) is 2.54. The predicted molar refractivity (Wildman–Crippen MR) is 102 cm³/mol. The monoisotopic (exact) mass is 418 g/mol. The lowest BCUT2D eigenvalue weighted by molar-refractivity contribution is 0.614. The van der Waals surface area contributed by atoms with Crippen molar-refractivity contribution in [1.82, 2.24) is 39.7 Å². The summed E-state index contributed by atoms with van der Waals surface area (Å²) in [5.74, 6) is -0.397. The zero-order valence-corrected chi connectivity index (χ0v) is 16.0. The lowest BCUT2D eigenvalue weighted by Gasteiger charge is -2.04. The third-order valence-corrected chi connectivity index (χ3v) is 5.94. The summed E-state index contributed by atoms with van der Waals surface area (Å²) < 4.78 is 17.5. The van der Waals surface area contributed by atoms with Crippen LogP contribution in [0.15, 0.2) is 23.4 Å². The van der Waals surface area contributed by atoms with Gasteiger partial charge in [-0.1, -0.05) is 11.6 Å². The first kappa shape index (κ1) is 17.1. The highest BCUT2D eigenvalue weighted by atomic mass is 35.5. The van der Waals surface area contributed by atoms with Crippen LogP contribution in [0.5, 0.6) is 0 Å².